The first kappa shape index (κ1) is 18.3. The summed E-state index contributed by atoms with van der Waals surface area (Å²) in [5.41, 5.74) is 2.25. The minimum Gasteiger partial charge on any atom is -0.362 e. The van der Waals surface area contributed by atoms with Crippen LogP contribution in [0.25, 0.3) is 0 Å². The molecule has 0 saturated heterocycles. The number of halogens is 3. The van der Waals surface area contributed by atoms with E-state index < -0.39 is 11.9 Å². The molecule has 24 heavy (non-hydrogen) atoms. The van der Waals surface area contributed by atoms with E-state index in [-0.39, 0.29) is 0 Å². The molecule has 0 aliphatic carbocycles. The molecule has 0 aliphatic rings. The average molecular weight is 353 g/mol. The minimum absolute atomic E-state index is 0.581. The molecule has 0 atom stereocenters. The van der Waals surface area contributed by atoms with Gasteiger partial charge in [-0.1, -0.05) is 6.07 Å². The molecule has 0 fully saturated rings. The largest absolute Gasteiger partial charge is 0.398 e. The molecule has 128 valence electrons. The monoisotopic (exact) mass is 353 g/mol. The fourth-order valence-electron chi connectivity index (χ4n) is 2.01. The van der Waals surface area contributed by atoms with Crippen LogP contribution in [0.15, 0.2) is 52.6 Å². The molecule has 0 amide bonds. The molecule has 0 radical (unpaired) electrons. The summed E-state index contributed by atoms with van der Waals surface area (Å²) in [6, 6.07) is 8.97. The molecular formula is C17H18F3N3S. The van der Waals surface area contributed by atoms with Crippen molar-refractivity contribution in [2.75, 3.05) is 19.8 Å². The zero-order valence-corrected chi connectivity index (χ0v) is 14.4. The van der Waals surface area contributed by atoms with Gasteiger partial charge in [0.1, 0.15) is 5.84 Å². The van der Waals surface area contributed by atoms with Crippen molar-refractivity contribution in [3.05, 3.63) is 53.9 Å². The van der Waals surface area contributed by atoms with E-state index in [0.29, 0.717) is 16.4 Å². The molecule has 0 spiro atoms. The van der Waals surface area contributed by atoms with Gasteiger partial charge < -0.3 is 4.90 Å². The number of pyridine rings is 1. The lowest BCUT2D eigenvalue weighted by Crippen LogP contribution is -2.22. The van der Waals surface area contributed by atoms with Crippen molar-refractivity contribution in [3.8, 4) is 0 Å². The Bertz CT molecular complexity index is 713. The first-order chi connectivity index (χ1) is 11.3. The number of aromatic nitrogens is 1. The summed E-state index contributed by atoms with van der Waals surface area (Å²) in [5.74, 6) is -0.219. The van der Waals surface area contributed by atoms with E-state index >= 15 is 0 Å². The molecule has 0 aliphatic heterocycles. The molecule has 0 bridgehead atoms. The predicted molar refractivity (Wildman–Crippen MR) is 92.1 cm³/mol. The molecule has 7 heteroatoms. The van der Waals surface area contributed by atoms with Crippen LogP contribution in [0.1, 0.15) is 11.1 Å². The van der Waals surface area contributed by atoms with Crippen LogP contribution < -0.4 is 0 Å². The van der Waals surface area contributed by atoms with Gasteiger partial charge in [0.2, 0.25) is 0 Å². The lowest BCUT2D eigenvalue weighted by molar-refractivity contribution is -0.105. The summed E-state index contributed by atoms with van der Waals surface area (Å²) in [6.07, 6.45) is -0.818. The van der Waals surface area contributed by atoms with Crippen LogP contribution in [-0.4, -0.2) is 41.7 Å². The first-order valence-corrected chi connectivity index (χ1v) is 8.21. The molecule has 3 nitrogen and oxygen atoms in total. The topological polar surface area (TPSA) is 28.5 Å². The third-order valence-electron chi connectivity index (χ3n) is 3.14. The van der Waals surface area contributed by atoms with E-state index in [1.807, 2.05) is 31.1 Å². The van der Waals surface area contributed by atoms with Crippen LogP contribution in [0.5, 0.6) is 0 Å². The zero-order valence-electron chi connectivity index (χ0n) is 13.6. The van der Waals surface area contributed by atoms with Gasteiger partial charge in [-0.3, -0.25) is 4.98 Å². The molecule has 0 unspecified atom stereocenters. The molecular weight excluding hydrogens is 335 g/mol. The van der Waals surface area contributed by atoms with Crippen LogP contribution in [0, 0.1) is 6.92 Å². The number of aliphatic imine (C=N–C) groups is 1. The van der Waals surface area contributed by atoms with E-state index in [1.165, 1.54) is 0 Å². The number of amidine groups is 1. The predicted octanol–water partition coefficient (Wildman–Crippen LogP) is 4.68. The Morgan fingerprint density at radius 2 is 2.00 bits per heavy atom. The highest BCUT2D eigenvalue weighted by molar-refractivity contribution is 7.99. The van der Waals surface area contributed by atoms with Gasteiger partial charge in [0, 0.05) is 36.9 Å². The highest BCUT2D eigenvalue weighted by Gasteiger charge is 2.27. The smallest absolute Gasteiger partial charge is 0.362 e. The Labute approximate surface area is 143 Å². The third kappa shape index (κ3) is 5.26. The number of thioether (sulfide) groups is 1. The van der Waals surface area contributed by atoms with Crippen molar-refractivity contribution >= 4 is 23.3 Å². The Kier molecular flexibility index (Phi) is 5.88. The second-order valence-corrected chi connectivity index (χ2v) is 6.44. The van der Waals surface area contributed by atoms with Gasteiger partial charge in [0.15, 0.2) is 0 Å². The average Bonchev–Trinajstić information content (AvgIpc) is 2.52. The van der Waals surface area contributed by atoms with Crippen molar-refractivity contribution < 1.29 is 13.2 Å². The quantitative estimate of drug-likeness (QED) is 0.454. The normalized spacial score (nSPS) is 12.3. The first-order valence-electron chi connectivity index (χ1n) is 7.23. The van der Waals surface area contributed by atoms with Crippen molar-refractivity contribution in [2.45, 2.75) is 18.0 Å². The Balaban J connectivity index is 2.33. The summed E-state index contributed by atoms with van der Waals surface area (Å²) in [4.78, 5) is 11.1. The van der Waals surface area contributed by atoms with Gasteiger partial charge in [0.25, 0.3) is 0 Å². The van der Waals surface area contributed by atoms with E-state index in [2.05, 4.69) is 9.98 Å². The van der Waals surface area contributed by atoms with Gasteiger partial charge in [-0.05, 0) is 36.8 Å². The second-order valence-electron chi connectivity index (χ2n) is 5.43. The SMILES string of the molecule is Cc1ccc(N=C(c2cccnc2)N(C)C)cc1SCC(F)(F)F. The fourth-order valence-corrected chi connectivity index (χ4v) is 2.83. The van der Waals surface area contributed by atoms with Gasteiger partial charge in [-0.25, -0.2) is 4.99 Å². The maximum Gasteiger partial charge on any atom is 0.398 e. The molecule has 2 rings (SSSR count). The lowest BCUT2D eigenvalue weighted by atomic mass is 10.2. The molecule has 1 aromatic carbocycles. The van der Waals surface area contributed by atoms with Crippen molar-refractivity contribution in [1.29, 1.82) is 0 Å². The number of alkyl halides is 3. The van der Waals surface area contributed by atoms with Gasteiger partial charge in [-0.15, -0.1) is 11.8 Å². The van der Waals surface area contributed by atoms with Crippen LogP contribution in [0.3, 0.4) is 0 Å². The Hall–Kier alpha value is -2.02. The number of nitrogens with zero attached hydrogens (tertiary/aromatic N) is 3. The number of benzene rings is 1. The van der Waals surface area contributed by atoms with Crippen LogP contribution in [0.4, 0.5) is 18.9 Å². The summed E-state index contributed by atoms with van der Waals surface area (Å²) >= 11 is 0.779. The van der Waals surface area contributed by atoms with Crippen molar-refractivity contribution in [2.24, 2.45) is 4.99 Å². The van der Waals surface area contributed by atoms with E-state index in [0.717, 1.165) is 22.9 Å². The van der Waals surface area contributed by atoms with Crippen LogP contribution in [-0.2, 0) is 0 Å². The number of hydrogen-bond donors (Lipinski definition) is 0. The summed E-state index contributed by atoms with van der Waals surface area (Å²) < 4.78 is 37.3. The molecule has 1 heterocycles. The highest BCUT2D eigenvalue weighted by Crippen LogP contribution is 2.32. The summed E-state index contributed by atoms with van der Waals surface area (Å²) in [5, 5.41) is 0. The van der Waals surface area contributed by atoms with Gasteiger partial charge in [0.05, 0.1) is 11.4 Å². The lowest BCUT2D eigenvalue weighted by Gasteiger charge is -2.16. The molecule has 0 N–H and O–H groups in total. The van der Waals surface area contributed by atoms with Crippen LogP contribution in [0.2, 0.25) is 0 Å². The molecule has 1 aromatic heterocycles. The van der Waals surface area contributed by atoms with Gasteiger partial charge >= 0.3 is 6.18 Å². The maximum atomic E-state index is 12.4. The van der Waals surface area contributed by atoms with Gasteiger partial charge in [-0.2, -0.15) is 13.2 Å². The third-order valence-corrected chi connectivity index (χ3v) is 4.36. The molecule has 0 saturated carbocycles. The summed E-state index contributed by atoms with van der Waals surface area (Å²) in [6.45, 7) is 1.79. The minimum atomic E-state index is -4.19. The highest BCUT2D eigenvalue weighted by atomic mass is 32.2. The van der Waals surface area contributed by atoms with E-state index in [4.69, 9.17) is 0 Å². The Morgan fingerprint density at radius 3 is 2.58 bits per heavy atom. The maximum absolute atomic E-state index is 12.4. The van der Waals surface area contributed by atoms with Crippen molar-refractivity contribution in [3.63, 3.8) is 0 Å². The van der Waals surface area contributed by atoms with E-state index in [1.54, 1.807) is 37.5 Å². The number of rotatable bonds is 4. The number of hydrogen-bond acceptors (Lipinski definition) is 3. The standard InChI is InChI=1S/C17H18F3N3S/c1-12-6-7-14(9-15(12)24-11-17(18,19)20)22-16(23(2)3)13-5-4-8-21-10-13/h4-10H,11H2,1-3H3. The number of aryl methyl sites for hydroxylation is 1. The fraction of sp³-hybridized carbons (Fsp3) is 0.294. The Morgan fingerprint density at radius 1 is 1.25 bits per heavy atom. The second kappa shape index (κ2) is 7.70. The summed E-state index contributed by atoms with van der Waals surface area (Å²) in [7, 11) is 3.72. The van der Waals surface area contributed by atoms with Crippen molar-refractivity contribution in [1.82, 2.24) is 9.88 Å². The van der Waals surface area contributed by atoms with E-state index in [9.17, 15) is 13.2 Å². The van der Waals surface area contributed by atoms with Crippen LogP contribution >= 0.6 is 11.8 Å². The molecule has 2 aromatic rings. The zero-order chi connectivity index (χ0) is 17.7.